The van der Waals surface area contributed by atoms with Crippen molar-refractivity contribution in [1.82, 2.24) is 9.80 Å². The van der Waals surface area contributed by atoms with E-state index in [1.807, 2.05) is 0 Å². The molecule has 0 heterocycles. The van der Waals surface area contributed by atoms with Gasteiger partial charge in [0.15, 0.2) is 0 Å². The molecule has 12 nitrogen and oxygen atoms in total. The molecule has 1 rings (SSSR count). The normalized spacial score (nSPS) is 16.1. The van der Waals surface area contributed by atoms with Gasteiger partial charge in [-0.05, 0) is 114 Å². The fourth-order valence-corrected chi connectivity index (χ4v) is 15.3. The van der Waals surface area contributed by atoms with Crippen LogP contribution < -0.4 is 0 Å². The van der Waals surface area contributed by atoms with Crippen molar-refractivity contribution in [2.45, 2.75) is 409 Å². The Balaban J connectivity index is 2.69. The van der Waals surface area contributed by atoms with Crippen molar-refractivity contribution in [2.24, 2.45) is 41.4 Å². The molecule has 0 bridgehead atoms. The van der Waals surface area contributed by atoms with Crippen LogP contribution in [0.3, 0.4) is 0 Å². The maximum atomic E-state index is 13.3. The number of carbonyl (C=O) groups excluding carboxylic acids is 5. The van der Waals surface area contributed by atoms with Crippen LogP contribution >= 0.6 is 8.25 Å². The van der Waals surface area contributed by atoms with E-state index in [2.05, 4.69) is 78.1 Å². The lowest BCUT2D eigenvalue weighted by molar-refractivity contribution is -0.157. The number of allylic oxidation sites excluding steroid dienone is 1. The lowest BCUT2D eigenvalue weighted by Crippen LogP contribution is -2.64. The summed E-state index contributed by atoms with van der Waals surface area (Å²) in [4.78, 5) is 69.8. The summed E-state index contributed by atoms with van der Waals surface area (Å²) in [7, 11) is -0.897. The molecular weight excluding hydrogens is 1240 g/mol. The molecule has 0 amide bonds. The second kappa shape index (κ2) is 66.6. The number of ether oxygens (including phenoxy) is 2. The Labute approximate surface area is 606 Å². The first kappa shape index (κ1) is 93.7. The highest BCUT2D eigenvalue weighted by atomic mass is 31.1. The van der Waals surface area contributed by atoms with E-state index < -0.39 is 14.3 Å². The van der Waals surface area contributed by atoms with Gasteiger partial charge in [0.05, 0.1) is 44.1 Å². The zero-order valence-corrected chi connectivity index (χ0v) is 67.1. The molecule has 0 N–H and O–H groups in total. The Morgan fingerprint density at radius 2 is 0.765 bits per heavy atom. The minimum Gasteiger partial charge on any atom is -0.465 e. The number of Topliss-reactive ketones (excluding diaryl/α,β-unsaturated/α-hetero) is 2. The molecule has 574 valence electrons. The topological polar surface area (TPSA) is 146 Å². The molecule has 9 unspecified atom stereocenters. The monoisotopic (exact) mass is 1400 g/mol. The highest BCUT2D eigenvalue weighted by Crippen LogP contribution is 2.35. The first-order valence-electron chi connectivity index (χ1n) is 42.5. The van der Waals surface area contributed by atoms with Crippen molar-refractivity contribution in [3.8, 4) is 0 Å². The molecule has 0 aromatic carbocycles. The van der Waals surface area contributed by atoms with Crippen LogP contribution in [0.15, 0.2) is 5.57 Å². The van der Waals surface area contributed by atoms with Gasteiger partial charge in [0, 0.05) is 29.8 Å². The molecule has 1 saturated carbocycles. The van der Waals surface area contributed by atoms with Crippen LogP contribution in [0.1, 0.15) is 403 Å². The largest absolute Gasteiger partial charge is 0.697 e. The number of hydrogen-bond acceptors (Lipinski definition) is 12. The predicted octanol–water partition coefficient (Wildman–Crippen LogP) is 24.4. The van der Waals surface area contributed by atoms with Crippen molar-refractivity contribution in [2.75, 3.05) is 59.7 Å². The van der Waals surface area contributed by atoms with E-state index >= 15 is 0 Å². The highest BCUT2D eigenvalue weighted by molar-refractivity contribution is 7.33. The third-order valence-corrected chi connectivity index (χ3v) is 22.8. The second-order valence-corrected chi connectivity index (χ2v) is 31.9. The van der Waals surface area contributed by atoms with Crippen LogP contribution in [0.2, 0.25) is 0 Å². The molecule has 13 heteroatoms. The molecule has 1 fully saturated rings. The predicted molar refractivity (Wildman–Crippen MR) is 414 cm³/mol. The van der Waals surface area contributed by atoms with E-state index in [1.54, 1.807) is 0 Å². The summed E-state index contributed by atoms with van der Waals surface area (Å²) < 4.78 is 34.2. The molecule has 0 radical (unpaired) electrons. The van der Waals surface area contributed by atoms with E-state index in [0.717, 1.165) is 185 Å². The van der Waals surface area contributed by atoms with Gasteiger partial charge in [-0.1, -0.05) is 326 Å². The summed E-state index contributed by atoms with van der Waals surface area (Å²) in [5.74, 6) is 3.77. The molecule has 98 heavy (non-hydrogen) atoms. The van der Waals surface area contributed by atoms with Gasteiger partial charge in [0.1, 0.15) is 12.5 Å². The minimum atomic E-state index is -2.25. The van der Waals surface area contributed by atoms with Crippen molar-refractivity contribution in [1.29, 1.82) is 0 Å². The molecule has 0 aromatic rings. The van der Waals surface area contributed by atoms with Gasteiger partial charge in [-0.2, -0.15) is 0 Å². The second-order valence-electron chi connectivity index (χ2n) is 30.8. The first-order chi connectivity index (χ1) is 47.8. The van der Waals surface area contributed by atoms with Gasteiger partial charge in [0.2, 0.25) is 11.6 Å². The average Bonchev–Trinajstić information content (AvgIpc) is 0.760. The van der Waals surface area contributed by atoms with Crippen LogP contribution in [0.5, 0.6) is 0 Å². The van der Waals surface area contributed by atoms with Crippen LogP contribution in [-0.4, -0.2) is 105 Å². The molecule has 1 aliphatic carbocycles. The summed E-state index contributed by atoms with van der Waals surface area (Å²) in [6.07, 6.45) is 61.6. The third kappa shape index (κ3) is 48.6. The Kier molecular flexibility index (Phi) is 63.7. The maximum absolute atomic E-state index is 13.3. The van der Waals surface area contributed by atoms with Crippen LogP contribution in [0, 0.1) is 41.4 Å². The van der Waals surface area contributed by atoms with Gasteiger partial charge < -0.3 is 14.4 Å². The van der Waals surface area contributed by atoms with E-state index in [1.165, 1.54) is 200 Å². The quantitative estimate of drug-likeness (QED) is 0.0188. The fraction of sp³-hybridized carbons (Fsp3) is 0.929. The van der Waals surface area contributed by atoms with Crippen LogP contribution in [0.4, 0.5) is 0 Å². The SMILES string of the molecule is CCCCCCCCC(CCCCCC)C(=O)OCCCCCCN(CCCCCCCC(=C=O)C(CCCCCC)CCCCCCCC(C)CCC(C)CCCCCCCC(CCCCCC)C(=O)OCCCCCC)CCN(CCO[P+](=O)OC)C1C(=O)C(=O)C1C(C)CC. The average molecular weight is 1400 g/mol. The zero-order chi connectivity index (χ0) is 71.9. The molecule has 0 spiro atoms. The third-order valence-electron chi connectivity index (χ3n) is 22.1. The van der Waals surface area contributed by atoms with E-state index in [-0.39, 0.29) is 53.8 Å². The summed E-state index contributed by atoms with van der Waals surface area (Å²) in [5, 5.41) is 0. The van der Waals surface area contributed by atoms with Crippen molar-refractivity contribution in [3.05, 3.63) is 5.57 Å². The Bertz CT molecular complexity index is 1960. The Morgan fingerprint density at radius 3 is 1.17 bits per heavy atom. The van der Waals surface area contributed by atoms with Crippen molar-refractivity contribution < 1.29 is 47.1 Å². The van der Waals surface area contributed by atoms with Gasteiger partial charge in [-0.3, -0.25) is 24.1 Å². The summed E-state index contributed by atoms with van der Waals surface area (Å²) >= 11 is 0. The number of nitrogens with zero attached hydrogens (tertiary/aromatic N) is 2. The molecule has 1 aliphatic rings. The summed E-state index contributed by atoms with van der Waals surface area (Å²) in [6.45, 7) is 25.1. The molecular formula is C85H160N2O10P+. The summed E-state index contributed by atoms with van der Waals surface area (Å²) in [6, 6.07) is -0.493. The number of carbonyl (C=O) groups is 4. The van der Waals surface area contributed by atoms with E-state index in [9.17, 15) is 28.5 Å². The molecule has 0 aromatic heterocycles. The first-order valence-corrected chi connectivity index (χ1v) is 43.6. The number of rotatable bonds is 75. The maximum Gasteiger partial charge on any atom is 0.697 e. The minimum absolute atomic E-state index is 0.00625. The number of hydrogen-bond donors (Lipinski definition) is 0. The fourth-order valence-electron chi connectivity index (χ4n) is 15.0. The Morgan fingerprint density at radius 1 is 0.408 bits per heavy atom. The van der Waals surface area contributed by atoms with Gasteiger partial charge in [-0.15, -0.1) is 9.05 Å². The Hall–Kier alpha value is -2.33. The lowest BCUT2D eigenvalue weighted by Gasteiger charge is -2.44. The molecule has 9 atom stereocenters. The number of ketones is 2. The van der Waals surface area contributed by atoms with E-state index in [4.69, 9.17) is 18.5 Å². The van der Waals surface area contributed by atoms with Crippen molar-refractivity contribution >= 4 is 37.7 Å². The zero-order valence-electron chi connectivity index (χ0n) is 66.2. The summed E-state index contributed by atoms with van der Waals surface area (Å²) in [5.41, 5.74) is 1.03. The van der Waals surface area contributed by atoms with Crippen LogP contribution in [0.25, 0.3) is 0 Å². The number of esters is 2. The molecule has 0 aliphatic heterocycles. The van der Waals surface area contributed by atoms with Crippen molar-refractivity contribution in [3.63, 3.8) is 0 Å². The van der Waals surface area contributed by atoms with Gasteiger partial charge >= 0.3 is 20.2 Å². The smallest absolute Gasteiger partial charge is 0.465 e. The highest BCUT2D eigenvalue weighted by Gasteiger charge is 2.53. The molecule has 0 saturated heterocycles. The van der Waals surface area contributed by atoms with Crippen LogP contribution in [-0.2, 0) is 47.1 Å². The van der Waals surface area contributed by atoms with E-state index in [0.29, 0.717) is 32.2 Å². The lowest BCUT2D eigenvalue weighted by atomic mass is 9.68. The number of unbranched alkanes of at least 4 members (excludes halogenated alkanes) is 32. The standard InChI is InChI=1S/C85H160N2O10P/c1-11-17-22-27-33-46-59-77(57-43-24-19-13-3)85(92)96-70-52-39-38-50-65-86(66-67-87(68-71-97-98(93)94-10)81-80(75(9)16-6)82(89)83(81)90)64-49-37-30-36-48-61-79(72-88)76(55-42-23-18-12-2)56-45-34-28-31-40-53-73(7)62-63-74(8)54-41-32-29-35-47-60-78(58-44-25-20-14-4)84(91)95-69-51-26-21-15-5/h73-78,80-81H,11-71H2,1-10H3/q+1. The van der Waals surface area contributed by atoms with Gasteiger partial charge in [-0.25, -0.2) is 4.79 Å². The van der Waals surface area contributed by atoms with Gasteiger partial charge in [0.25, 0.3) is 0 Å².